The minimum Gasteiger partial charge on any atom is -0.356 e. The lowest BCUT2D eigenvalue weighted by molar-refractivity contribution is 0.332. The standard InChI is InChI=1S/C19H30N6O/c1-12(2)15-10-16(21-17(20-15)13(3)4)25-9-7-8-14(11-25)18-22-19(23-26-18)24(5)6/h10,12-14H,7-9,11H2,1-6H3. The van der Waals surface area contributed by atoms with Gasteiger partial charge in [-0.2, -0.15) is 4.98 Å². The number of rotatable bonds is 5. The van der Waals surface area contributed by atoms with E-state index in [4.69, 9.17) is 14.5 Å². The Kier molecular flexibility index (Phi) is 5.44. The van der Waals surface area contributed by atoms with E-state index in [-0.39, 0.29) is 5.92 Å². The van der Waals surface area contributed by atoms with E-state index < -0.39 is 0 Å². The molecule has 142 valence electrons. The molecule has 0 amide bonds. The van der Waals surface area contributed by atoms with Crippen molar-refractivity contribution in [2.75, 3.05) is 37.0 Å². The smallest absolute Gasteiger partial charge is 0.265 e. The third-order valence-corrected chi connectivity index (χ3v) is 4.78. The molecule has 0 spiro atoms. The first-order valence-corrected chi connectivity index (χ1v) is 9.50. The van der Waals surface area contributed by atoms with Gasteiger partial charge >= 0.3 is 0 Å². The van der Waals surface area contributed by atoms with E-state index >= 15 is 0 Å². The Morgan fingerprint density at radius 1 is 1.12 bits per heavy atom. The second-order valence-electron chi connectivity index (χ2n) is 7.93. The average Bonchev–Trinajstić information content (AvgIpc) is 3.12. The fourth-order valence-corrected chi connectivity index (χ4v) is 3.15. The zero-order valence-corrected chi connectivity index (χ0v) is 16.7. The average molecular weight is 358 g/mol. The van der Waals surface area contributed by atoms with Gasteiger partial charge in [-0.05, 0) is 23.9 Å². The number of nitrogens with zero attached hydrogens (tertiary/aromatic N) is 6. The summed E-state index contributed by atoms with van der Waals surface area (Å²) in [6, 6.07) is 2.14. The molecule has 2 aromatic heterocycles. The molecule has 0 aromatic carbocycles. The van der Waals surface area contributed by atoms with Crippen LogP contribution in [0, 0.1) is 0 Å². The summed E-state index contributed by atoms with van der Waals surface area (Å²) < 4.78 is 5.51. The molecule has 2 aromatic rings. The Labute approximate surface area is 155 Å². The summed E-state index contributed by atoms with van der Waals surface area (Å²) in [5.41, 5.74) is 1.11. The van der Waals surface area contributed by atoms with Gasteiger partial charge < -0.3 is 14.3 Å². The first kappa shape index (κ1) is 18.6. The van der Waals surface area contributed by atoms with Crippen LogP contribution < -0.4 is 9.80 Å². The summed E-state index contributed by atoms with van der Waals surface area (Å²) in [6.45, 7) is 10.5. The fraction of sp³-hybridized carbons (Fsp3) is 0.684. The maximum absolute atomic E-state index is 5.51. The summed E-state index contributed by atoms with van der Waals surface area (Å²) in [5, 5.41) is 4.06. The first-order chi connectivity index (χ1) is 12.3. The number of hydrogen-bond donors (Lipinski definition) is 0. The lowest BCUT2D eigenvalue weighted by Gasteiger charge is -2.32. The van der Waals surface area contributed by atoms with Crippen LogP contribution in [-0.2, 0) is 0 Å². The highest BCUT2D eigenvalue weighted by Crippen LogP contribution is 2.30. The molecule has 1 saturated heterocycles. The Morgan fingerprint density at radius 2 is 1.88 bits per heavy atom. The van der Waals surface area contributed by atoms with E-state index in [1.54, 1.807) is 0 Å². The number of hydrogen-bond acceptors (Lipinski definition) is 7. The van der Waals surface area contributed by atoms with Crippen molar-refractivity contribution in [3.63, 3.8) is 0 Å². The molecule has 26 heavy (non-hydrogen) atoms. The third-order valence-electron chi connectivity index (χ3n) is 4.78. The Hall–Kier alpha value is -2.18. The Bertz CT molecular complexity index is 713. The predicted molar refractivity (Wildman–Crippen MR) is 103 cm³/mol. The summed E-state index contributed by atoms with van der Waals surface area (Å²) >= 11 is 0. The SMILES string of the molecule is CC(C)c1cc(N2CCCC(c3nc(N(C)C)no3)C2)nc(C(C)C)n1. The topological polar surface area (TPSA) is 71.2 Å². The second kappa shape index (κ2) is 7.60. The van der Waals surface area contributed by atoms with Crippen molar-refractivity contribution in [1.29, 1.82) is 0 Å². The van der Waals surface area contributed by atoms with Crippen molar-refractivity contribution in [2.24, 2.45) is 0 Å². The van der Waals surface area contributed by atoms with Gasteiger partial charge in [0.15, 0.2) is 0 Å². The lowest BCUT2D eigenvalue weighted by atomic mass is 9.98. The van der Waals surface area contributed by atoms with Gasteiger partial charge in [0.05, 0.1) is 5.92 Å². The van der Waals surface area contributed by atoms with E-state index in [1.807, 2.05) is 19.0 Å². The van der Waals surface area contributed by atoms with Crippen LogP contribution >= 0.6 is 0 Å². The number of piperidine rings is 1. The molecule has 1 atom stereocenters. The normalized spacial score (nSPS) is 18.0. The molecule has 1 fully saturated rings. The molecule has 0 radical (unpaired) electrons. The third kappa shape index (κ3) is 3.97. The minimum atomic E-state index is 0.241. The monoisotopic (exact) mass is 358 g/mol. The van der Waals surface area contributed by atoms with E-state index in [0.29, 0.717) is 17.8 Å². The van der Waals surface area contributed by atoms with Crippen molar-refractivity contribution in [1.82, 2.24) is 20.1 Å². The molecule has 1 aliphatic rings. The highest BCUT2D eigenvalue weighted by Gasteiger charge is 2.28. The van der Waals surface area contributed by atoms with Crippen molar-refractivity contribution in [3.8, 4) is 0 Å². The van der Waals surface area contributed by atoms with E-state index in [0.717, 1.165) is 49.2 Å². The summed E-state index contributed by atoms with van der Waals surface area (Å²) in [4.78, 5) is 18.3. The summed E-state index contributed by atoms with van der Waals surface area (Å²) in [7, 11) is 3.84. The van der Waals surface area contributed by atoms with Crippen LogP contribution in [0.2, 0.25) is 0 Å². The summed E-state index contributed by atoms with van der Waals surface area (Å²) in [6.07, 6.45) is 2.15. The molecule has 0 bridgehead atoms. The molecule has 3 heterocycles. The molecule has 1 aliphatic heterocycles. The van der Waals surface area contributed by atoms with Gasteiger partial charge in [-0.1, -0.05) is 27.7 Å². The predicted octanol–water partition coefficient (Wildman–Crippen LogP) is 3.56. The van der Waals surface area contributed by atoms with Crippen molar-refractivity contribution >= 4 is 11.8 Å². The van der Waals surface area contributed by atoms with Crippen LogP contribution in [0.15, 0.2) is 10.6 Å². The molecule has 3 rings (SSSR count). The van der Waals surface area contributed by atoms with Crippen LogP contribution in [0.25, 0.3) is 0 Å². The van der Waals surface area contributed by atoms with Crippen molar-refractivity contribution < 1.29 is 4.52 Å². The van der Waals surface area contributed by atoms with E-state index in [1.165, 1.54) is 0 Å². The maximum Gasteiger partial charge on any atom is 0.265 e. The fourth-order valence-electron chi connectivity index (χ4n) is 3.15. The van der Waals surface area contributed by atoms with E-state index in [2.05, 4.69) is 48.8 Å². The van der Waals surface area contributed by atoms with Gasteiger partial charge in [0, 0.05) is 44.9 Å². The Morgan fingerprint density at radius 3 is 2.50 bits per heavy atom. The van der Waals surface area contributed by atoms with Gasteiger partial charge in [-0.3, -0.25) is 0 Å². The quantitative estimate of drug-likeness (QED) is 0.809. The number of anilines is 2. The molecular formula is C19H30N6O. The van der Waals surface area contributed by atoms with Crippen LogP contribution in [0.4, 0.5) is 11.8 Å². The first-order valence-electron chi connectivity index (χ1n) is 9.50. The maximum atomic E-state index is 5.51. The van der Waals surface area contributed by atoms with Gasteiger partial charge in [-0.25, -0.2) is 9.97 Å². The van der Waals surface area contributed by atoms with Crippen LogP contribution in [-0.4, -0.2) is 47.3 Å². The lowest BCUT2D eigenvalue weighted by Crippen LogP contribution is -2.35. The van der Waals surface area contributed by atoms with Crippen molar-refractivity contribution in [2.45, 2.75) is 58.3 Å². The molecular weight excluding hydrogens is 328 g/mol. The zero-order valence-electron chi connectivity index (χ0n) is 16.7. The molecule has 1 unspecified atom stereocenters. The molecule has 0 saturated carbocycles. The van der Waals surface area contributed by atoms with Crippen molar-refractivity contribution in [3.05, 3.63) is 23.5 Å². The number of aromatic nitrogens is 4. The molecule has 0 aliphatic carbocycles. The van der Waals surface area contributed by atoms with E-state index in [9.17, 15) is 0 Å². The molecule has 7 nitrogen and oxygen atoms in total. The van der Waals surface area contributed by atoms with Crippen LogP contribution in [0.5, 0.6) is 0 Å². The Balaban J connectivity index is 1.84. The zero-order chi connectivity index (χ0) is 18.8. The van der Waals surface area contributed by atoms with Gasteiger partial charge in [0.25, 0.3) is 5.95 Å². The van der Waals surface area contributed by atoms with Crippen LogP contribution in [0.1, 0.15) is 75.7 Å². The van der Waals surface area contributed by atoms with Gasteiger partial charge in [0.2, 0.25) is 5.89 Å². The molecule has 0 N–H and O–H groups in total. The summed E-state index contributed by atoms with van der Waals surface area (Å²) in [5.74, 6) is 4.22. The second-order valence-corrected chi connectivity index (χ2v) is 7.93. The van der Waals surface area contributed by atoms with Gasteiger partial charge in [-0.15, -0.1) is 0 Å². The highest BCUT2D eigenvalue weighted by atomic mass is 16.5. The van der Waals surface area contributed by atoms with Gasteiger partial charge in [0.1, 0.15) is 11.6 Å². The largest absolute Gasteiger partial charge is 0.356 e. The molecule has 7 heteroatoms. The van der Waals surface area contributed by atoms with Crippen LogP contribution in [0.3, 0.4) is 0 Å². The minimum absolute atomic E-state index is 0.241. The highest BCUT2D eigenvalue weighted by molar-refractivity contribution is 5.42.